The van der Waals surface area contributed by atoms with Gasteiger partial charge in [0, 0.05) is 18.8 Å². The smallest absolute Gasteiger partial charge is 0.407 e. The minimum absolute atomic E-state index is 0.0498. The predicted octanol–water partition coefficient (Wildman–Crippen LogP) is 1.44. The SMILES string of the molecule is NC(N)=NCCC[C@H](NC(=O)[C@@H]1CCCN1C(=O)CNC(=O)OCc1ccccc1)C(=O)Nc1ccc(O)c(Cl)c1. The number of phenols is 1. The quantitative estimate of drug-likeness (QED) is 0.0926. The molecule has 220 valence electrons. The van der Waals surface area contributed by atoms with Crippen molar-refractivity contribution in [2.75, 3.05) is 25.0 Å². The number of hydrogen-bond acceptors (Lipinski definition) is 7. The highest BCUT2D eigenvalue weighted by Gasteiger charge is 2.35. The molecule has 0 spiro atoms. The highest BCUT2D eigenvalue weighted by molar-refractivity contribution is 6.32. The summed E-state index contributed by atoms with van der Waals surface area (Å²) in [7, 11) is 0. The fourth-order valence-corrected chi connectivity index (χ4v) is 4.40. The van der Waals surface area contributed by atoms with E-state index in [1.54, 1.807) is 12.1 Å². The largest absolute Gasteiger partial charge is 0.506 e. The van der Waals surface area contributed by atoms with Crippen LogP contribution in [0.2, 0.25) is 5.02 Å². The lowest BCUT2D eigenvalue weighted by molar-refractivity contribution is -0.138. The van der Waals surface area contributed by atoms with Gasteiger partial charge in [-0.2, -0.15) is 0 Å². The molecule has 1 saturated heterocycles. The van der Waals surface area contributed by atoms with E-state index >= 15 is 0 Å². The normalized spacial score (nSPS) is 15.0. The molecule has 1 fully saturated rings. The molecule has 0 bridgehead atoms. The molecule has 2 atom stereocenters. The number of carbonyl (C=O) groups is 4. The van der Waals surface area contributed by atoms with Crippen molar-refractivity contribution in [3.8, 4) is 5.75 Å². The van der Waals surface area contributed by atoms with Gasteiger partial charge in [0.15, 0.2) is 5.96 Å². The summed E-state index contributed by atoms with van der Waals surface area (Å²) in [6.07, 6.45) is 0.806. The van der Waals surface area contributed by atoms with Crippen LogP contribution in [0.3, 0.4) is 0 Å². The standard InChI is InChI=1S/C27H34ClN7O6/c28-19-14-18(10-11-22(19)36)33-24(38)20(8-4-12-31-26(29)30)34-25(39)21-9-5-13-35(21)23(37)15-32-27(40)41-16-17-6-2-1-3-7-17/h1-3,6-7,10-11,14,20-21,36H,4-5,8-9,12-13,15-16H2,(H,32,40)(H,33,38)(H,34,39)(H4,29,30,31)/t20-,21-/m0/s1. The van der Waals surface area contributed by atoms with Crippen LogP contribution >= 0.6 is 11.6 Å². The van der Waals surface area contributed by atoms with Gasteiger partial charge < -0.3 is 42.2 Å². The highest BCUT2D eigenvalue weighted by atomic mass is 35.5. The first-order valence-electron chi connectivity index (χ1n) is 13.0. The van der Waals surface area contributed by atoms with Crippen molar-refractivity contribution in [3.05, 3.63) is 59.1 Å². The molecule has 0 radical (unpaired) electrons. The van der Waals surface area contributed by atoms with Crippen LogP contribution in [0.1, 0.15) is 31.2 Å². The molecule has 2 aromatic rings. The molecule has 1 heterocycles. The van der Waals surface area contributed by atoms with E-state index in [1.807, 2.05) is 18.2 Å². The minimum atomic E-state index is -0.979. The summed E-state index contributed by atoms with van der Waals surface area (Å²) in [5.41, 5.74) is 11.9. The van der Waals surface area contributed by atoms with E-state index in [2.05, 4.69) is 20.9 Å². The molecule has 3 rings (SSSR count). The number of amides is 4. The fourth-order valence-electron chi connectivity index (χ4n) is 4.22. The molecule has 13 nitrogen and oxygen atoms in total. The Hall–Kier alpha value is -4.52. The second-order valence-corrected chi connectivity index (χ2v) is 9.73. The number of carbonyl (C=O) groups excluding carboxylic acids is 4. The van der Waals surface area contributed by atoms with E-state index in [0.29, 0.717) is 31.5 Å². The maximum atomic E-state index is 13.2. The number of likely N-dealkylation sites (tertiary alicyclic amines) is 1. The molecule has 0 aromatic heterocycles. The number of aromatic hydroxyl groups is 1. The van der Waals surface area contributed by atoms with Gasteiger partial charge in [0.2, 0.25) is 17.7 Å². The molecule has 1 aliphatic heterocycles. The molecule has 4 amide bonds. The van der Waals surface area contributed by atoms with Crippen molar-refractivity contribution in [1.82, 2.24) is 15.5 Å². The number of alkyl carbamates (subject to hydrolysis) is 1. The van der Waals surface area contributed by atoms with Crippen LogP contribution in [0.5, 0.6) is 5.75 Å². The second-order valence-electron chi connectivity index (χ2n) is 9.33. The lowest BCUT2D eigenvalue weighted by Crippen LogP contribution is -2.53. The van der Waals surface area contributed by atoms with E-state index in [0.717, 1.165) is 5.56 Å². The van der Waals surface area contributed by atoms with Gasteiger partial charge in [-0.05, 0) is 49.4 Å². The number of guanidine groups is 1. The van der Waals surface area contributed by atoms with E-state index in [-0.39, 0.29) is 42.8 Å². The number of benzene rings is 2. The van der Waals surface area contributed by atoms with Crippen molar-refractivity contribution in [3.63, 3.8) is 0 Å². The fraction of sp³-hybridized carbons (Fsp3) is 0.370. The second kappa shape index (κ2) is 15.3. The number of hydrogen-bond donors (Lipinski definition) is 6. The van der Waals surface area contributed by atoms with Crippen LogP contribution in [-0.4, -0.2) is 71.5 Å². The number of ether oxygens (including phenoxy) is 1. The number of anilines is 1. The van der Waals surface area contributed by atoms with Gasteiger partial charge in [0.05, 0.1) is 5.02 Å². The number of halogens is 1. The maximum Gasteiger partial charge on any atom is 0.407 e. The van der Waals surface area contributed by atoms with Crippen molar-refractivity contribution in [2.45, 2.75) is 44.4 Å². The molecule has 1 aliphatic rings. The van der Waals surface area contributed by atoms with Gasteiger partial charge in [-0.15, -0.1) is 0 Å². The first-order chi connectivity index (χ1) is 19.6. The predicted molar refractivity (Wildman–Crippen MR) is 153 cm³/mol. The van der Waals surface area contributed by atoms with E-state index in [9.17, 15) is 24.3 Å². The van der Waals surface area contributed by atoms with Crippen LogP contribution in [-0.2, 0) is 25.7 Å². The molecular weight excluding hydrogens is 554 g/mol. The van der Waals surface area contributed by atoms with Gasteiger partial charge in [-0.3, -0.25) is 19.4 Å². The molecule has 0 aliphatic carbocycles. The summed E-state index contributed by atoms with van der Waals surface area (Å²) in [6.45, 7) is 0.276. The Balaban J connectivity index is 1.58. The number of phenolic OH excluding ortho intramolecular Hbond substituents is 1. The van der Waals surface area contributed by atoms with Crippen molar-refractivity contribution >= 4 is 47.1 Å². The topological polar surface area (TPSA) is 201 Å². The number of rotatable bonds is 12. The van der Waals surface area contributed by atoms with Crippen LogP contribution in [0.4, 0.5) is 10.5 Å². The Labute approximate surface area is 242 Å². The molecule has 0 saturated carbocycles. The first-order valence-corrected chi connectivity index (χ1v) is 13.4. The van der Waals surface area contributed by atoms with Crippen molar-refractivity contribution in [2.24, 2.45) is 16.5 Å². The Bertz CT molecular complexity index is 1260. The molecule has 14 heteroatoms. The zero-order valence-corrected chi connectivity index (χ0v) is 23.1. The molecule has 2 aromatic carbocycles. The summed E-state index contributed by atoms with van der Waals surface area (Å²) >= 11 is 5.93. The molecular formula is C27H34ClN7O6. The lowest BCUT2D eigenvalue weighted by atomic mass is 10.1. The third-order valence-corrected chi connectivity index (χ3v) is 6.57. The summed E-state index contributed by atoms with van der Waals surface area (Å²) in [6, 6.07) is 11.5. The summed E-state index contributed by atoms with van der Waals surface area (Å²) in [4.78, 5) is 56.5. The average molecular weight is 588 g/mol. The lowest BCUT2D eigenvalue weighted by Gasteiger charge is -2.26. The molecule has 8 N–H and O–H groups in total. The number of nitrogens with one attached hydrogen (secondary N) is 3. The number of nitrogens with zero attached hydrogens (tertiary/aromatic N) is 2. The summed E-state index contributed by atoms with van der Waals surface area (Å²) < 4.78 is 5.13. The van der Waals surface area contributed by atoms with Gasteiger partial charge in [-0.25, -0.2) is 4.79 Å². The summed E-state index contributed by atoms with van der Waals surface area (Å²) in [5, 5.41) is 17.5. The Kier molecular flexibility index (Phi) is 11.6. The van der Waals surface area contributed by atoms with Gasteiger partial charge in [0.25, 0.3) is 0 Å². The zero-order valence-electron chi connectivity index (χ0n) is 22.3. The Morgan fingerprint density at radius 3 is 2.61 bits per heavy atom. The van der Waals surface area contributed by atoms with Gasteiger partial charge in [0.1, 0.15) is 31.0 Å². The van der Waals surface area contributed by atoms with Crippen molar-refractivity contribution in [1.29, 1.82) is 0 Å². The minimum Gasteiger partial charge on any atom is -0.506 e. The molecule has 41 heavy (non-hydrogen) atoms. The average Bonchev–Trinajstić information content (AvgIpc) is 3.45. The van der Waals surface area contributed by atoms with Gasteiger partial charge in [-0.1, -0.05) is 41.9 Å². The maximum absolute atomic E-state index is 13.2. The van der Waals surface area contributed by atoms with Crippen LogP contribution in [0, 0.1) is 0 Å². The number of nitrogens with two attached hydrogens (primary N) is 2. The van der Waals surface area contributed by atoms with E-state index < -0.39 is 35.9 Å². The van der Waals surface area contributed by atoms with Crippen LogP contribution in [0.15, 0.2) is 53.5 Å². The van der Waals surface area contributed by atoms with Crippen molar-refractivity contribution < 1.29 is 29.0 Å². The number of aliphatic imine (C=N–C) groups is 1. The third kappa shape index (κ3) is 9.87. The third-order valence-electron chi connectivity index (χ3n) is 6.27. The van der Waals surface area contributed by atoms with E-state index in [4.69, 9.17) is 27.8 Å². The first kappa shape index (κ1) is 31.0. The molecule has 0 unspecified atom stereocenters. The van der Waals surface area contributed by atoms with E-state index in [1.165, 1.54) is 23.1 Å². The van der Waals surface area contributed by atoms with Crippen LogP contribution < -0.4 is 27.4 Å². The monoisotopic (exact) mass is 587 g/mol. The van der Waals surface area contributed by atoms with Gasteiger partial charge >= 0.3 is 6.09 Å². The van der Waals surface area contributed by atoms with Crippen LogP contribution in [0.25, 0.3) is 0 Å². The zero-order chi connectivity index (χ0) is 29.8. The Morgan fingerprint density at radius 2 is 1.90 bits per heavy atom. The highest BCUT2D eigenvalue weighted by Crippen LogP contribution is 2.26. The summed E-state index contributed by atoms with van der Waals surface area (Å²) in [5.74, 6) is -1.72. The Morgan fingerprint density at radius 1 is 1.15 bits per heavy atom.